The molecule has 1 aliphatic heterocycles. The molecule has 0 atom stereocenters. The van der Waals surface area contributed by atoms with Gasteiger partial charge in [-0.15, -0.1) is 0 Å². The highest BCUT2D eigenvalue weighted by Gasteiger charge is 2.40. The van der Waals surface area contributed by atoms with E-state index in [1.807, 2.05) is 6.07 Å². The molecule has 9 heteroatoms. The number of pyridine rings is 1. The third-order valence-corrected chi connectivity index (χ3v) is 5.53. The molecule has 1 aromatic carbocycles. The number of aromatic nitrogens is 1. The van der Waals surface area contributed by atoms with Gasteiger partial charge in [0, 0.05) is 23.5 Å². The number of anilines is 2. The van der Waals surface area contributed by atoms with Crippen molar-refractivity contribution in [1.29, 1.82) is 0 Å². The number of nitrogens with two attached hydrogens (primary N) is 1. The lowest BCUT2D eigenvalue weighted by atomic mass is 10.1. The molecule has 2 heterocycles. The van der Waals surface area contributed by atoms with Gasteiger partial charge in [-0.2, -0.15) is 0 Å². The highest BCUT2D eigenvalue weighted by molar-refractivity contribution is 7.97. The van der Waals surface area contributed by atoms with Crippen LogP contribution in [0.4, 0.5) is 20.3 Å². The van der Waals surface area contributed by atoms with E-state index in [-0.39, 0.29) is 24.3 Å². The summed E-state index contributed by atoms with van der Waals surface area (Å²) in [5.41, 5.74) is 1.76. The lowest BCUT2D eigenvalue weighted by Crippen LogP contribution is -2.29. The van der Waals surface area contributed by atoms with Crippen LogP contribution in [0.25, 0.3) is 0 Å². The number of alkyl halides is 2. The van der Waals surface area contributed by atoms with Gasteiger partial charge >= 0.3 is 0 Å². The molecule has 0 spiro atoms. The van der Waals surface area contributed by atoms with Crippen LogP contribution in [0.1, 0.15) is 28.0 Å². The Bertz CT molecular complexity index is 894. The minimum absolute atomic E-state index is 0.125. The minimum Gasteiger partial charge on any atom is -0.350 e. The van der Waals surface area contributed by atoms with E-state index in [0.717, 1.165) is 16.8 Å². The Kier molecular flexibility index (Phi) is 5.60. The molecule has 0 radical (unpaired) electrons. The van der Waals surface area contributed by atoms with E-state index >= 15 is 0 Å². The summed E-state index contributed by atoms with van der Waals surface area (Å²) in [6.07, 6.45) is -0.272. The van der Waals surface area contributed by atoms with Gasteiger partial charge < -0.3 is 10.2 Å². The molecule has 1 aliphatic rings. The van der Waals surface area contributed by atoms with Gasteiger partial charge in [0.05, 0.1) is 22.8 Å². The average molecular weight is 413 g/mol. The first-order valence-electron chi connectivity index (χ1n) is 8.29. The second-order valence-corrected chi connectivity index (χ2v) is 7.55. The van der Waals surface area contributed by atoms with Crippen molar-refractivity contribution in [2.75, 3.05) is 23.3 Å². The zero-order valence-electron chi connectivity index (χ0n) is 14.9. The molecule has 1 fully saturated rings. The Balaban J connectivity index is 2.00. The van der Waals surface area contributed by atoms with Crippen molar-refractivity contribution in [2.45, 2.75) is 31.1 Å². The number of hydrogen-bond donors (Lipinski definition) is 2. The number of nitrogens with zero attached hydrogens (tertiary/aromatic N) is 2. The summed E-state index contributed by atoms with van der Waals surface area (Å²) < 4.78 is 27.4. The Morgan fingerprint density at radius 1 is 1.41 bits per heavy atom. The fourth-order valence-corrected chi connectivity index (χ4v) is 3.56. The Morgan fingerprint density at radius 2 is 2.15 bits per heavy atom. The summed E-state index contributed by atoms with van der Waals surface area (Å²) in [5, 5.41) is 8.68. The number of nitrogens with one attached hydrogen (secondary N) is 1. The van der Waals surface area contributed by atoms with E-state index in [0.29, 0.717) is 22.0 Å². The fraction of sp³-hybridized carbons (Fsp3) is 0.333. The van der Waals surface area contributed by atoms with Gasteiger partial charge in [-0.1, -0.05) is 17.7 Å². The molecule has 3 rings (SSSR count). The Labute approximate surface area is 165 Å². The van der Waals surface area contributed by atoms with Crippen LogP contribution in [-0.4, -0.2) is 29.9 Å². The summed E-state index contributed by atoms with van der Waals surface area (Å²) in [5.74, 6) is -3.02. The monoisotopic (exact) mass is 412 g/mol. The highest BCUT2D eigenvalue weighted by Crippen LogP contribution is 2.35. The van der Waals surface area contributed by atoms with Gasteiger partial charge in [0.15, 0.2) is 0 Å². The standard InChI is InChI=1S/C18H19ClF2N4OS/c1-10-14(17(26)24-12-4-3-5-13(8-12)27-22)16(23-11(2)15(10)19)25-7-6-18(20,21)9-25/h3-5,8H,6-7,9,22H2,1-2H3,(H,24,26). The largest absolute Gasteiger partial charge is 0.350 e. The topological polar surface area (TPSA) is 71.2 Å². The highest BCUT2D eigenvalue weighted by atomic mass is 35.5. The van der Waals surface area contributed by atoms with Crippen molar-refractivity contribution in [3.05, 3.63) is 46.1 Å². The van der Waals surface area contributed by atoms with Gasteiger partial charge in [-0.3, -0.25) is 9.93 Å². The van der Waals surface area contributed by atoms with Crippen molar-refractivity contribution < 1.29 is 13.6 Å². The maximum Gasteiger partial charge on any atom is 0.266 e. The van der Waals surface area contributed by atoms with Crippen LogP contribution >= 0.6 is 23.5 Å². The van der Waals surface area contributed by atoms with Crippen LogP contribution in [0.5, 0.6) is 0 Å². The van der Waals surface area contributed by atoms with Gasteiger partial charge in [0.1, 0.15) is 5.82 Å². The van der Waals surface area contributed by atoms with Gasteiger partial charge in [-0.25, -0.2) is 13.8 Å². The third-order valence-electron chi connectivity index (χ3n) is 4.44. The third kappa shape index (κ3) is 4.17. The van der Waals surface area contributed by atoms with Gasteiger partial charge in [0.25, 0.3) is 11.8 Å². The quantitative estimate of drug-likeness (QED) is 0.727. The van der Waals surface area contributed by atoms with E-state index < -0.39 is 18.4 Å². The van der Waals surface area contributed by atoms with E-state index in [1.165, 1.54) is 4.90 Å². The first kappa shape index (κ1) is 19.9. The summed E-state index contributed by atoms with van der Waals surface area (Å²) in [6.45, 7) is 3.03. The van der Waals surface area contributed by atoms with Gasteiger partial charge in [-0.05, 0) is 49.6 Å². The molecule has 2 aromatic rings. The zero-order chi connectivity index (χ0) is 19.8. The first-order chi connectivity index (χ1) is 12.7. The van der Waals surface area contributed by atoms with Crippen LogP contribution in [0.3, 0.4) is 0 Å². The second kappa shape index (κ2) is 7.61. The summed E-state index contributed by atoms with van der Waals surface area (Å²) in [4.78, 5) is 19.6. The van der Waals surface area contributed by atoms with Crippen molar-refractivity contribution in [3.8, 4) is 0 Å². The number of aryl methyl sites for hydroxylation is 1. The predicted octanol–water partition coefficient (Wildman–Crippen LogP) is 4.42. The number of amides is 1. The minimum atomic E-state index is -2.80. The number of rotatable bonds is 4. The summed E-state index contributed by atoms with van der Waals surface area (Å²) >= 11 is 7.34. The van der Waals surface area contributed by atoms with Crippen LogP contribution < -0.4 is 15.4 Å². The van der Waals surface area contributed by atoms with Crippen LogP contribution in [0.2, 0.25) is 5.02 Å². The summed E-state index contributed by atoms with van der Waals surface area (Å²) in [6, 6.07) is 7.03. The fourth-order valence-electron chi connectivity index (χ4n) is 3.07. The zero-order valence-corrected chi connectivity index (χ0v) is 16.4. The van der Waals surface area contributed by atoms with Crippen molar-refractivity contribution >= 4 is 41.0 Å². The molecule has 5 nitrogen and oxygen atoms in total. The van der Waals surface area contributed by atoms with E-state index in [4.69, 9.17) is 16.7 Å². The van der Waals surface area contributed by atoms with E-state index in [2.05, 4.69) is 10.3 Å². The number of carbonyl (C=O) groups excluding carboxylic acids is 1. The maximum atomic E-state index is 13.7. The SMILES string of the molecule is Cc1nc(N2CCC(F)(F)C2)c(C(=O)Nc2cccc(SN)c2)c(C)c1Cl. The number of hydrogen-bond acceptors (Lipinski definition) is 5. The van der Waals surface area contributed by atoms with E-state index in [1.54, 1.807) is 32.0 Å². The predicted molar refractivity (Wildman–Crippen MR) is 105 cm³/mol. The normalized spacial score (nSPS) is 15.9. The molecule has 1 saturated heterocycles. The molecule has 0 bridgehead atoms. The van der Waals surface area contributed by atoms with Crippen molar-refractivity contribution in [3.63, 3.8) is 0 Å². The maximum absolute atomic E-state index is 13.7. The molecule has 0 unspecified atom stereocenters. The lowest BCUT2D eigenvalue weighted by Gasteiger charge is -2.23. The second-order valence-electron chi connectivity index (χ2n) is 6.46. The Morgan fingerprint density at radius 3 is 2.78 bits per heavy atom. The molecule has 0 aliphatic carbocycles. The smallest absolute Gasteiger partial charge is 0.266 e. The Hall–Kier alpha value is -1.90. The molecule has 0 saturated carbocycles. The summed E-state index contributed by atoms with van der Waals surface area (Å²) in [7, 11) is 0. The molecule has 144 valence electrons. The molecular formula is C18H19ClF2N4OS. The lowest BCUT2D eigenvalue weighted by molar-refractivity contribution is 0.0256. The number of benzene rings is 1. The van der Waals surface area contributed by atoms with Crippen LogP contribution in [0, 0.1) is 13.8 Å². The molecule has 3 N–H and O–H groups in total. The van der Waals surface area contributed by atoms with E-state index in [9.17, 15) is 13.6 Å². The van der Waals surface area contributed by atoms with Gasteiger partial charge in [0.2, 0.25) is 0 Å². The first-order valence-corrected chi connectivity index (χ1v) is 9.55. The number of carbonyl (C=O) groups is 1. The average Bonchev–Trinajstić information content (AvgIpc) is 2.99. The molecule has 1 aromatic heterocycles. The molecular weight excluding hydrogens is 394 g/mol. The van der Waals surface area contributed by atoms with Crippen molar-refractivity contribution in [1.82, 2.24) is 4.98 Å². The van der Waals surface area contributed by atoms with Crippen LogP contribution in [-0.2, 0) is 0 Å². The molecule has 27 heavy (non-hydrogen) atoms. The van der Waals surface area contributed by atoms with Crippen molar-refractivity contribution in [2.24, 2.45) is 5.14 Å². The molecule has 1 amide bonds. The number of halogens is 3. The van der Waals surface area contributed by atoms with Crippen LogP contribution in [0.15, 0.2) is 29.2 Å².